The summed E-state index contributed by atoms with van der Waals surface area (Å²) in [5, 5.41) is 14.7. The van der Waals surface area contributed by atoms with Gasteiger partial charge in [-0.25, -0.2) is 0 Å². The van der Waals surface area contributed by atoms with Gasteiger partial charge >= 0.3 is 0 Å². The molecule has 0 aliphatic carbocycles. The molecule has 14 heavy (non-hydrogen) atoms. The monoisotopic (exact) mass is 187 g/mol. The van der Waals surface area contributed by atoms with Gasteiger partial charge < -0.3 is 10.4 Å². The van der Waals surface area contributed by atoms with Crippen LogP contribution in [0, 0.1) is 0 Å². The number of aromatic hydroxyl groups is 1. The van der Waals surface area contributed by atoms with Crippen LogP contribution in [0.2, 0.25) is 0 Å². The predicted molar refractivity (Wildman–Crippen MR) is 58.4 cm³/mol. The Hall–Kier alpha value is -1.54. The number of phenolic OH excluding ortho intramolecular Hbond substituents is 1. The highest BCUT2D eigenvalue weighted by Gasteiger charge is 1.99. The third kappa shape index (κ3) is 1.56. The lowest BCUT2D eigenvalue weighted by Gasteiger charge is -2.04. The summed E-state index contributed by atoms with van der Waals surface area (Å²) in [6.07, 6.45) is 0. The quantitative estimate of drug-likeness (QED) is 0.755. The minimum absolute atomic E-state index is 0.348. The second-order valence-electron chi connectivity index (χ2n) is 3.36. The topological polar surface area (TPSA) is 32.3 Å². The molecule has 2 aromatic carbocycles. The number of hydrogen-bond donors (Lipinski definition) is 2. The number of benzene rings is 2. The zero-order valence-corrected chi connectivity index (χ0v) is 8.12. The SMILES string of the molecule is CNCc1ccc2cccc(O)c2c1. The van der Waals surface area contributed by atoms with Gasteiger partial charge in [-0.15, -0.1) is 0 Å². The zero-order chi connectivity index (χ0) is 9.97. The van der Waals surface area contributed by atoms with E-state index in [1.54, 1.807) is 6.07 Å². The Morgan fingerprint density at radius 1 is 1.21 bits per heavy atom. The second kappa shape index (κ2) is 3.68. The smallest absolute Gasteiger partial charge is 0.123 e. The maximum absolute atomic E-state index is 9.64. The lowest BCUT2D eigenvalue weighted by Crippen LogP contribution is -2.04. The van der Waals surface area contributed by atoms with Gasteiger partial charge in [-0.3, -0.25) is 0 Å². The van der Waals surface area contributed by atoms with E-state index in [0.29, 0.717) is 5.75 Å². The van der Waals surface area contributed by atoms with Crippen LogP contribution in [0.1, 0.15) is 5.56 Å². The second-order valence-corrected chi connectivity index (χ2v) is 3.36. The molecule has 0 heterocycles. The Bertz CT molecular complexity index is 451. The summed E-state index contributed by atoms with van der Waals surface area (Å²) in [7, 11) is 1.91. The van der Waals surface area contributed by atoms with Crippen molar-refractivity contribution in [1.29, 1.82) is 0 Å². The molecule has 2 rings (SSSR count). The van der Waals surface area contributed by atoms with E-state index in [1.807, 2.05) is 31.3 Å². The first-order valence-corrected chi connectivity index (χ1v) is 4.66. The fourth-order valence-electron chi connectivity index (χ4n) is 1.62. The molecule has 0 bridgehead atoms. The van der Waals surface area contributed by atoms with Gasteiger partial charge in [0.15, 0.2) is 0 Å². The average Bonchev–Trinajstić information content (AvgIpc) is 2.20. The standard InChI is InChI=1S/C12H13NO/c1-13-8-9-5-6-10-3-2-4-12(14)11(10)7-9/h2-7,13-14H,8H2,1H3. The molecule has 0 amide bonds. The van der Waals surface area contributed by atoms with Gasteiger partial charge in [-0.05, 0) is 30.1 Å². The molecule has 0 aromatic heterocycles. The van der Waals surface area contributed by atoms with E-state index in [4.69, 9.17) is 0 Å². The molecule has 2 N–H and O–H groups in total. The minimum Gasteiger partial charge on any atom is -0.507 e. The molecule has 0 fully saturated rings. The van der Waals surface area contributed by atoms with Crippen LogP contribution in [0.5, 0.6) is 5.75 Å². The van der Waals surface area contributed by atoms with Crippen LogP contribution >= 0.6 is 0 Å². The molecule has 0 aliphatic heterocycles. The summed E-state index contributed by atoms with van der Waals surface area (Å²) in [6, 6.07) is 11.7. The number of phenols is 1. The number of nitrogens with one attached hydrogen (secondary N) is 1. The molecule has 2 heteroatoms. The van der Waals surface area contributed by atoms with Crippen LogP contribution in [0.15, 0.2) is 36.4 Å². The normalized spacial score (nSPS) is 10.6. The average molecular weight is 187 g/mol. The number of rotatable bonds is 2. The molecule has 0 radical (unpaired) electrons. The molecule has 0 spiro atoms. The van der Waals surface area contributed by atoms with Crippen LogP contribution in [-0.2, 0) is 6.54 Å². The van der Waals surface area contributed by atoms with Crippen LogP contribution in [0.3, 0.4) is 0 Å². The van der Waals surface area contributed by atoms with Crippen molar-refractivity contribution in [2.24, 2.45) is 0 Å². The molecule has 0 saturated heterocycles. The summed E-state index contributed by atoms with van der Waals surface area (Å²) in [5.74, 6) is 0.348. The molecule has 2 nitrogen and oxygen atoms in total. The van der Waals surface area contributed by atoms with E-state index in [-0.39, 0.29) is 0 Å². The van der Waals surface area contributed by atoms with Crippen LogP contribution in [0.4, 0.5) is 0 Å². The summed E-state index contributed by atoms with van der Waals surface area (Å²) in [4.78, 5) is 0. The number of hydrogen-bond acceptors (Lipinski definition) is 2. The molecule has 0 atom stereocenters. The Morgan fingerprint density at radius 2 is 2.07 bits per heavy atom. The third-order valence-electron chi connectivity index (χ3n) is 2.30. The van der Waals surface area contributed by atoms with E-state index >= 15 is 0 Å². The molecular weight excluding hydrogens is 174 g/mol. The highest BCUT2D eigenvalue weighted by atomic mass is 16.3. The van der Waals surface area contributed by atoms with Gasteiger partial charge in [0.1, 0.15) is 5.75 Å². The zero-order valence-electron chi connectivity index (χ0n) is 8.12. The van der Waals surface area contributed by atoms with Crippen LogP contribution in [0.25, 0.3) is 10.8 Å². The van der Waals surface area contributed by atoms with Crippen molar-refractivity contribution in [3.8, 4) is 5.75 Å². The first kappa shape index (κ1) is 9.03. The first-order chi connectivity index (χ1) is 6.81. The van der Waals surface area contributed by atoms with Crippen molar-refractivity contribution in [3.05, 3.63) is 42.0 Å². The summed E-state index contributed by atoms with van der Waals surface area (Å²) in [6.45, 7) is 0.824. The molecule has 2 aromatic rings. The van der Waals surface area contributed by atoms with Gasteiger partial charge in [0.05, 0.1) is 0 Å². The van der Waals surface area contributed by atoms with E-state index in [9.17, 15) is 5.11 Å². The summed E-state index contributed by atoms with van der Waals surface area (Å²) < 4.78 is 0. The van der Waals surface area contributed by atoms with Gasteiger partial charge in [0, 0.05) is 11.9 Å². The van der Waals surface area contributed by atoms with E-state index in [1.165, 1.54) is 5.56 Å². The van der Waals surface area contributed by atoms with Gasteiger partial charge in [0.2, 0.25) is 0 Å². The van der Waals surface area contributed by atoms with Crippen molar-refractivity contribution >= 4 is 10.8 Å². The van der Waals surface area contributed by atoms with Gasteiger partial charge in [-0.1, -0.05) is 24.3 Å². The van der Waals surface area contributed by atoms with Gasteiger partial charge in [0.25, 0.3) is 0 Å². The third-order valence-corrected chi connectivity index (χ3v) is 2.30. The number of fused-ring (bicyclic) bond motifs is 1. The van der Waals surface area contributed by atoms with Crippen LogP contribution < -0.4 is 5.32 Å². The predicted octanol–water partition coefficient (Wildman–Crippen LogP) is 2.26. The van der Waals surface area contributed by atoms with E-state index in [0.717, 1.165) is 17.3 Å². The van der Waals surface area contributed by atoms with Crippen LogP contribution in [-0.4, -0.2) is 12.2 Å². The first-order valence-electron chi connectivity index (χ1n) is 4.66. The highest BCUT2D eigenvalue weighted by molar-refractivity contribution is 5.88. The molecule has 72 valence electrons. The fourth-order valence-corrected chi connectivity index (χ4v) is 1.62. The van der Waals surface area contributed by atoms with Crippen molar-refractivity contribution in [3.63, 3.8) is 0 Å². The molecule has 0 aliphatic rings. The minimum atomic E-state index is 0.348. The van der Waals surface area contributed by atoms with Crippen molar-refractivity contribution in [2.75, 3.05) is 7.05 Å². The van der Waals surface area contributed by atoms with Gasteiger partial charge in [-0.2, -0.15) is 0 Å². The molecule has 0 unspecified atom stereocenters. The van der Waals surface area contributed by atoms with Crippen molar-refractivity contribution in [2.45, 2.75) is 6.54 Å². The lowest BCUT2D eigenvalue weighted by atomic mass is 10.1. The maximum atomic E-state index is 9.64. The van der Waals surface area contributed by atoms with Crippen molar-refractivity contribution in [1.82, 2.24) is 5.32 Å². The lowest BCUT2D eigenvalue weighted by molar-refractivity contribution is 0.481. The Morgan fingerprint density at radius 3 is 2.86 bits per heavy atom. The molecule has 0 saturated carbocycles. The Kier molecular flexibility index (Phi) is 2.37. The Labute approximate surface area is 83.2 Å². The Balaban J connectivity index is 2.58. The largest absolute Gasteiger partial charge is 0.507 e. The van der Waals surface area contributed by atoms with Crippen molar-refractivity contribution < 1.29 is 5.11 Å². The fraction of sp³-hybridized carbons (Fsp3) is 0.167. The summed E-state index contributed by atoms with van der Waals surface area (Å²) in [5.41, 5.74) is 1.18. The van der Waals surface area contributed by atoms with E-state index < -0.39 is 0 Å². The van der Waals surface area contributed by atoms with E-state index in [2.05, 4.69) is 11.4 Å². The molecular formula is C12H13NO. The summed E-state index contributed by atoms with van der Waals surface area (Å²) >= 11 is 0. The maximum Gasteiger partial charge on any atom is 0.123 e. The highest BCUT2D eigenvalue weighted by Crippen LogP contribution is 2.24.